The molecule has 0 atom stereocenters. The first kappa shape index (κ1) is 14.4. The summed E-state index contributed by atoms with van der Waals surface area (Å²) in [6.45, 7) is 3.10. The van der Waals surface area contributed by atoms with Gasteiger partial charge in [0.25, 0.3) is 0 Å². The molecule has 0 bridgehead atoms. The van der Waals surface area contributed by atoms with Crippen LogP contribution in [0.4, 0.5) is 0 Å². The summed E-state index contributed by atoms with van der Waals surface area (Å²) in [6.07, 6.45) is 3.24. The number of likely N-dealkylation sites (tertiary alicyclic amines) is 1. The van der Waals surface area contributed by atoms with E-state index >= 15 is 0 Å². The number of aliphatic hydroxyl groups excluding tert-OH is 1. The maximum Gasteiger partial charge on any atom is 0.222 e. The molecule has 0 aromatic rings. The van der Waals surface area contributed by atoms with Crippen molar-refractivity contribution in [2.24, 2.45) is 5.73 Å². The van der Waals surface area contributed by atoms with Gasteiger partial charge in [0.1, 0.15) is 0 Å². The van der Waals surface area contributed by atoms with Crippen LogP contribution >= 0.6 is 0 Å². The summed E-state index contributed by atoms with van der Waals surface area (Å²) >= 11 is 0. The zero-order chi connectivity index (χ0) is 12.7. The number of rotatable bonds is 6. The molecule has 0 spiro atoms. The van der Waals surface area contributed by atoms with Crippen LogP contribution in [0.15, 0.2) is 0 Å². The fourth-order valence-electron chi connectivity index (χ4n) is 2.32. The molecule has 0 aromatic heterocycles. The lowest BCUT2D eigenvalue weighted by molar-refractivity contribution is -0.135. The van der Waals surface area contributed by atoms with E-state index in [4.69, 9.17) is 10.8 Å². The number of nitrogens with zero attached hydrogens (tertiary/aromatic N) is 2. The molecule has 0 radical (unpaired) electrons. The van der Waals surface area contributed by atoms with Gasteiger partial charge in [0.05, 0.1) is 6.61 Å². The van der Waals surface area contributed by atoms with Crippen molar-refractivity contribution in [3.63, 3.8) is 0 Å². The second kappa shape index (κ2) is 7.63. The molecule has 1 amide bonds. The monoisotopic (exact) mass is 243 g/mol. The molecule has 1 saturated heterocycles. The highest BCUT2D eigenvalue weighted by molar-refractivity contribution is 5.76. The van der Waals surface area contributed by atoms with Gasteiger partial charge in [-0.25, -0.2) is 0 Å². The molecule has 100 valence electrons. The zero-order valence-electron chi connectivity index (χ0n) is 10.8. The van der Waals surface area contributed by atoms with Gasteiger partial charge in [-0.3, -0.25) is 4.79 Å². The van der Waals surface area contributed by atoms with Crippen LogP contribution in [0.2, 0.25) is 0 Å². The van der Waals surface area contributed by atoms with E-state index in [0.717, 1.165) is 32.4 Å². The van der Waals surface area contributed by atoms with Gasteiger partial charge in [-0.2, -0.15) is 0 Å². The second-order valence-corrected chi connectivity index (χ2v) is 4.74. The summed E-state index contributed by atoms with van der Waals surface area (Å²) in [6, 6.07) is 0.295. The van der Waals surface area contributed by atoms with E-state index in [0.29, 0.717) is 25.6 Å². The Morgan fingerprint density at radius 3 is 2.65 bits per heavy atom. The van der Waals surface area contributed by atoms with Crippen LogP contribution in [-0.4, -0.2) is 66.7 Å². The molecule has 3 N–H and O–H groups in total. The maximum absolute atomic E-state index is 12.0. The van der Waals surface area contributed by atoms with Gasteiger partial charge < -0.3 is 20.6 Å². The molecule has 1 aliphatic heterocycles. The van der Waals surface area contributed by atoms with E-state index in [2.05, 4.69) is 11.9 Å². The fraction of sp³-hybridized carbons (Fsp3) is 0.917. The van der Waals surface area contributed by atoms with Crippen molar-refractivity contribution in [1.82, 2.24) is 9.80 Å². The van der Waals surface area contributed by atoms with Gasteiger partial charge in [0.15, 0.2) is 0 Å². The lowest BCUT2D eigenvalue weighted by atomic mass is 10.0. The minimum Gasteiger partial charge on any atom is -0.395 e. The lowest BCUT2D eigenvalue weighted by Crippen LogP contribution is -2.47. The van der Waals surface area contributed by atoms with Crippen molar-refractivity contribution >= 4 is 5.91 Å². The SMILES string of the molecule is CN1CCC(N(CCO)C(=O)CCCN)CC1. The zero-order valence-corrected chi connectivity index (χ0v) is 10.8. The number of aliphatic hydroxyl groups is 1. The maximum atomic E-state index is 12.0. The minimum atomic E-state index is 0.0424. The van der Waals surface area contributed by atoms with E-state index in [9.17, 15) is 4.79 Å². The van der Waals surface area contributed by atoms with E-state index in [1.165, 1.54) is 0 Å². The summed E-state index contributed by atoms with van der Waals surface area (Å²) in [5.41, 5.74) is 5.42. The minimum absolute atomic E-state index is 0.0424. The van der Waals surface area contributed by atoms with Crippen LogP contribution in [0, 0.1) is 0 Å². The van der Waals surface area contributed by atoms with Gasteiger partial charge in [0, 0.05) is 19.0 Å². The number of amides is 1. The van der Waals surface area contributed by atoms with Crippen molar-refractivity contribution in [3.05, 3.63) is 0 Å². The van der Waals surface area contributed by atoms with Crippen LogP contribution in [0.3, 0.4) is 0 Å². The molecule has 1 aliphatic rings. The number of carbonyl (C=O) groups excluding carboxylic acids is 1. The number of hydrogen-bond donors (Lipinski definition) is 2. The molecular formula is C12H25N3O2. The van der Waals surface area contributed by atoms with Crippen LogP contribution in [0.1, 0.15) is 25.7 Å². The number of nitrogens with two attached hydrogens (primary N) is 1. The second-order valence-electron chi connectivity index (χ2n) is 4.74. The molecule has 17 heavy (non-hydrogen) atoms. The molecule has 0 saturated carbocycles. The Morgan fingerprint density at radius 1 is 1.47 bits per heavy atom. The molecule has 1 rings (SSSR count). The largest absolute Gasteiger partial charge is 0.395 e. The number of carbonyl (C=O) groups is 1. The standard InChI is InChI=1S/C12H25N3O2/c1-14-7-4-11(5-8-14)15(9-10-16)12(17)3-2-6-13/h11,16H,2-10,13H2,1H3. The third kappa shape index (κ3) is 4.61. The van der Waals surface area contributed by atoms with Gasteiger partial charge in [0.2, 0.25) is 5.91 Å². The molecule has 0 aromatic carbocycles. The van der Waals surface area contributed by atoms with E-state index < -0.39 is 0 Å². The Bertz CT molecular complexity index is 228. The van der Waals surface area contributed by atoms with Gasteiger partial charge in [-0.1, -0.05) is 0 Å². The first-order valence-corrected chi connectivity index (χ1v) is 6.48. The quantitative estimate of drug-likeness (QED) is 0.668. The third-order valence-electron chi connectivity index (χ3n) is 3.38. The summed E-state index contributed by atoms with van der Waals surface area (Å²) in [5, 5.41) is 9.06. The van der Waals surface area contributed by atoms with Crippen LogP contribution in [0.5, 0.6) is 0 Å². The van der Waals surface area contributed by atoms with Gasteiger partial charge >= 0.3 is 0 Å². The van der Waals surface area contributed by atoms with Crippen molar-refractivity contribution < 1.29 is 9.90 Å². The Kier molecular flexibility index (Phi) is 6.47. The molecular weight excluding hydrogens is 218 g/mol. The highest BCUT2D eigenvalue weighted by atomic mass is 16.3. The fourth-order valence-corrected chi connectivity index (χ4v) is 2.32. The van der Waals surface area contributed by atoms with Crippen LogP contribution in [0.25, 0.3) is 0 Å². The summed E-state index contributed by atoms with van der Waals surface area (Å²) < 4.78 is 0. The molecule has 0 unspecified atom stereocenters. The molecule has 5 nitrogen and oxygen atoms in total. The lowest BCUT2D eigenvalue weighted by Gasteiger charge is -2.37. The Hall–Kier alpha value is -0.650. The molecule has 1 heterocycles. The summed E-state index contributed by atoms with van der Waals surface area (Å²) in [5.74, 6) is 0.138. The van der Waals surface area contributed by atoms with Crippen LogP contribution < -0.4 is 5.73 Å². The summed E-state index contributed by atoms with van der Waals surface area (Å²) in [4.78, 5) is 16.1. The van der Waals surface area contributed by atoms with E-state index in [1.54, 1.807) is 0 Å². The molecule has 1 fully saturated rings. The van der Waals surface area contributed by atoms with Crippen molar-refractivity contribution in [3.8, 4) is 0 Å². The topological polar surface area (TPSA) is 69.8 Å². The average molecular weight is 243 g/mol. The Labute approximate surface area is 104 Å². The first-order chi connectivity index (χ1) is 8.19. The highest BCUT2D eigenvalue weighted by Crippen LogP contribution is 2.16. The van der Waals surface area contributed by atoms with Gasteiger partial charge in [-0.05, 0) is 45.9 Å². The summed E-state index contributed by atoms with van der Waals surface area (Å²) in [7, 11) is 2.10. The molecule has 5 heteroatoms. The van der Waals surface area contributed by atoms with Crippen molar-refractivity contribution in [2.45, 2.75) is 31.7 Å². The third-order valence-corrected chi connectivity index (χ3v) is 3.38. The first-order valence-electron chi connectivity index (χ1n) is 6.48. The van der Waals surface area contributed by atoms with Crippen molar-refractivity contribution in [2.75, 3.05) is 39.8 Å². The van der Waals surface area contributed by atoms with E-state index in [1.807, 2.05) is 4.90 Å². The van der Waals surface area contributed by atoms with Crippen LogP contribution in [-0.2, 0) is 4.79 Å². The van der Waals surface area contributed by atoms with E-state index in [-0.39, 0.29) is 12.5 Å². The molecule has 0 aliphatic carbocycles. The number of hydrogen-bond acceptors (Lipinski definition) is 4. The Morgan fingerprint density at radius 2 is 2.12 bits per heavy atom. The van der Waals surface area contributed by atoms with Gasteiger partial charge in [-0.15, -0.1) is 0 Å². The average Bonchev–Trinajstić information content (AvgIpc) is 2.34. The predicted molar refractivity (Wildman–Crippen MR) is 67.6 cm³/mol. The smallest absolute Gasteiger partial charge is 0.222 e. The van der Waals surface area contributed by atoms with Crippen molar-refractivity contribution in [1.29, 1.82) is 0 Å². The number of piperidine rings is 1. The highest BCUT2D eigenvalue weighted by Gasteiger charge is 2.25. The predicted octanol–water partition coefficient (Wildman–Crippen LogP) is -0.360. The normalized spacial score (nSPS) is 18.3. The Balaban J connectivity index is 2.49.